The van der Waals surface area contributed by atoms with Gasteiger partial charge in [0, 0.05) is 5.56 Å². The van der Waals surface area contributed by atoms with Crippen LogP contribution in [-0.4, -0.2) is 18.3 Å². The van der Waals surface area contributed by atoms with Gasteiger partial charge in [0.1, 0.15) is 12.4 Å². The first-order chi connectivity index (χ1) is 16.0. The van der Waals surface area contributed by atoms with Crippen LogP contribution in [0, 0.1) is 17.1 Å². The Morgan fingerprint density at radius 3 is 2.42 bits per heavy atom. The average molecular weight is 448 g/mol. The number of ether oxygens (including phenoxy) is 2. The quantitative estimate of drug-likeness (QED) is 0.363. The van der Waals surface area contributed by atoms with E-state index in [1.54, 1.807) is 30.3 Å². The van der Waals surface area contributed by atoms with Crippen molar-refractivity contribution in [1.29, 1.82) is 5.26 Å². The second kappa shape index (κ2) is 11.4. The minimum atomic E-state index is -0.676. The number of hydrogen-bond donors (Lipinski definition) is 2. The van der Waals surface area contributed by atoms with Crippen LogP contribution in [-0.2, 0) is 16.2 Å². The summed E-state index contributed by atoms with van der Waals surface area (Å²) in [4.78, 5) is 15.4. The van der Waals surface area contributed by atoms with Gasteiger partial charge in [-0.3, -0.25) is 10.2 Å². The Balaban J connectivity index is 1.54. The number of halogens is 1. The maximum atomic E-state index is 14.4. The Morgan fingerprint density at radius 1 is 1.06 bits per heavy atom. The first-order valence-corrected chi connectivity index (χ1v) is 10.1. The van der Waals surface area contributed by atoms with Gasteiger partial charge in [-0.15, -0.1) is 0 Å². The molecule has 3 rings (SSSR count). The zero-order valence-electron chi connectivity index (χ0n) is 17.7. The Labute approximate surface area is 190 Å². The molecule has 0 aliphatic carbocycles. The maximum Gasteiger partial charge on any atom is 0.326 e. The smallest absolute Gasteiger partial charge is 0.326 e. The van der Waals surface area contributed by atoms with E-state index < -0.39 is 17.7 Å². The highest BCUT2D eigenvalue weighted by Crippen LogP contribution is 2.24. The molecule has 0 fully saturated rings. The van der Waals surface area contributed by atoms with Crippen LogP contribution < -0.4 is 20.8 Å². The van der Waals surface area contributed by atoms with Crippen LogP contribution in [0.15, 0.2) is 72.8 Å². The summed E-state index contributed by atoms with van der Waals surface area (Å²) >= 11 is 0. The van der Waals surface area contributed by atoms with Gasteiger partial charge in [0.25, 0.3) is 0 Å². The molecule has 0 saturated heterocycles. The van der Waals surface area contributed by atoms with E-state index in [-0.39, 0.29) is 25.4 Å². The predicted octanol–water partition coefficient (Wildman–Crippen LogP) is 2.45. The zero-order chi connectivity index (χ0) is 23.6. The Kier molecular flexibility index (Phi) is 8.11. The van der Waals surface area contributed by atoms with Gasteiger partial charge >= 0.3 is 5.97 Å². The lowest BCUT2D eigenvalue weighted by Gasteiger charge is -2.11. The Morgan fingerprint density at radius 2 is 1.79 bits per heavy atom. The third kappa shape index (κ3) is 6.63. The summed E-state index contributed by atoms with van der Waals surface area (Å²) in [5, 5.41) is 15.2. The third-order valence-electron chi connectivity index (χ3n) is 4.87. The van der Waals surface area contributed by atoms with Crippen LogP contribution in [0.5, 0.6) is 11.5 Å². The highest BCUT2D eigenvalue weighted by molar-refractivity contribution is 5.96. The molecule has 4 N–H and O–H groups in total. The summed E-state index contributed by atoms with van der Waals surface area (Å²) in [6.07, 6.45) is -0.143. The summed E-state index contributed by atoms with van der Waals surface area (Å²) in [5.41, 5.74) is 2.58. The van der Waals surface area contributed by atoms with Gasteiger partial charge in [-0.05, 0) is 47.5 Å². The number of rotatable bonds is 10. The highest BCUT2D eigenvalue weighted by Gasteiger charge is 2.16. The molecular formula is C25H23FN3O4+. The second-order valence-electron chi connectivity index (χ2n) is 7.18. The van der Waals surface area contributed by atoms with Gasteiger partial charge in [0.05, 0.1) is 18.4 Å². The van der Waals surface area contributed by atoms with Gasteiger partial charge in [-0.1, -0.05) is 36.4 Å². The molecule has 168 valence electrons. The van der Waals surface area contributed by atoms with Crippen LogP contribution in [0.3, 0.4) is 0 Å². The largest absolute Gasteiger partial charge is 0.489 e. The molecule has 0 radical (unpaired) electrons. The molecular weight excluding hydrogens is 425 g/mol. The molecule has 1 atom stereocenters. The van der Waals surface area contributed by atoms with Crippen LogP contribution >= 0.6 is 0 Å². The average Bonchev–Trinajstić information content (AvgIpc) is 2.86. The fraction of sp³-hybridized carbons (Fsp3) is 0.160. The monoisotopic (exact) mass is 448 g/mol. The van der Waals surface area contributed by atoms with Crippen molar-refractivity contribution in [3.8, 4) is 17.6 Å². The fourth-order valence-corrected chi connectivity index (χ4v) is 3.06. The van der Waals surface area contributed by atoms with E-state index in [1.165, 1.54) is 12.1 Å². The lowest BCUT2D eigenvalue weighted by Crippen LogP contribution is -2.44. The number of nitriles is 1. The molecule has 0 saturated carbocycles. The molecule has 0 heterocycles. The van der Waals surface area contributed by atoms with Gasteiger partial charge in [0.15, 0.2) is 18.2 Å². The molecule has 1 unspecified atom stereocenters. The van der Waals surface area contributed by atoms with Crippen molar-refractivity contribution >= 4 is 11.7 Å². The van der Waals surface area contributed by atoms with E-state index in [2.05, 4.69) is 4.84 Å². The number of nitrogens with two attached hydrogens (primary N) is 2. The van der Waals surface area contributed by atoms with E-state index >= 15 is 0 Å². The standard InChI is InChI=1S/C25H22FN3O4/c26-22-12-17(6-11-24(22)32-16-23(28)19-4-2-1-3-5-19)15-31-21-9-7-18(8-10-21)20(14-27)13-25(30)33-29/h1-12,20,28H,13,15-16,29H2/p+1. The fourth-order valence-electron chi connectivity index (χ4n) is 3.06. The molecule has 3 aromatic carbocycles. The molecule has 0 aliphatic heterocycles. The summed E-state index contributed by atoms with van der Waals surface area (Å²) < 4.78 is 25.6. The number of carbonyl (C=O) groups is 1. The van der Waals surface area contributed by atoms with Crippen molar-refractivity contribution in [2.45, 2.75) is 18.9 Å². The van der Waals surface area contributed by atoms with E-state index in [0.29, 0.717) is 22.6 Å². The first-order valence-electron chi connectivity index (χ1n) is 10.1. The van der Waals surface area contributed by atoms with E-state index in [4.69, 9.17) is 20.8 Å². The molecule has 7 nitrogen and oxygen atoms in total. The molecule has 3 aromatic rings. The minimum absolute atomic E-state index is 0.0653. The van der Waals surface area contributed by atoms with Crippen molar-refractivity contribution in [2.75, 3.05) is 6.61 Å². The SMILES string of the molecule is N#CC(CC(=O)ON)c1ccc(OCc2ccc(OCC(=[NH2+])c3ccccc3)c(F)c2)cc1. The van der Waals surface area contributed by atoms with Crippen molar-refractivity contribution in [1.82, 2.24) is 0 Å². The summed E-state index contributed by atoms with van der Waals surface area (Å²) in [6, 6.07) is 22.6. The number of carbonyl (C=O) groups excluding carboxylic acids is 1. The van der Waals surface area contributed by atoms with Crippen molar-refractivity contribution < 1.29 is 28.9 Å². The molecule has 0 bridgehead atoms. The van der Waals surface area contributed by atoms with Gasteiger partial charge in [-0.2, -0.15) is 11.2 Å². The van der Waals surface area contributed by atoms with Crippen LogP contribution in [0.25, 0.3) is 0 Å². The van der Waals surface area contributed by atoms with Crippen molar-refractivity contribution in [3.63, 3.8) is 0 Å². The molecule has 8 heteroatoms. The van der Waals surface area contributed by atoms with E-state index in [9.17, 15) is 14.4 Å². The zero-order valence-corrected chi connectivity index (χ0v) is 17.7. The summed E-state index contributed by atoms with van der Waals surface area (Å²) in [5.74, 6) is 3.59. The lowest BCUT2D eigenvalue weighted by molar-refractivity contribution is -0.144. The lowest BCUT2D eigenvalue weighted by atomic mass is 9.97. The van der Waals surface area contributed by atoms with Gasteiger partial charge < -0.3 is 14.3 Å². The van der Waals surface area contributed by atoms with Gasteiger partial charge in [0.2, 0.25) is 5.71 Å². The Hall–Kier alpha value is -4.22. The van der Waals surface area contributed by atoms with Gasteiger partial charge in [-0.25, -0.2) is 4.39 Å². The number of benzene rings is 3. The second-order valence-corrected chi connectivity index (χ2v) is 7.18. The maximum absolute atomic E-state index is 14.4. The molecule has 33 heavy (non-hydrogen) atoms. The topological polar surface area (TPSA) is 120 Å². The van der Waals surface area contributed by atoms with E-state index in [1.807, 2.05) is 36.4 Å². The molecule has 0 aromatic heterocycles. The molecule has 0 spiro atoms. The number of hydrogen-bond acceptors (Lipinski definition) is 6. The number of nitrogens with zero attached hydrogens (tertiary/aromatic N) is 1. The highest BCUT2D eigenvalue weighted by atomic mass is 19.1. The summed E-state index contributed by atoms with van der Waals surface area (Å²) in [6.45, 7) is 0.200. The van der Waals surface area contributed by atoms with Crippen LogP contribution in [0.4, 0.5) is 4.39 Å². The minimum Gasteiger partial charge on any atom is -0.489 e. The van der Waals surface area contributed by atoms with Crippen LogP contribution in [0.2, 0.25) is 0 Å². The predicted molar refractivity (Wildman–Crippen MR) is 118 cm³/mol. The molecule has 0 amide bonds. The Bertz CT molecular complexity index is 1140. The first kappa shape index (κ1) is 23.4. The van der Waals surface area contributed by atoms with Crippen molar-refractivity contribution in [2.24, 2.45) is 5.90 Å². The third-order valence-corrected chi connectivity index (χ3v) is 4.87. The molecule has 0 aliphatic rings. The van der Waals surface area contributed by atoms with E-state index in [0.717, 1.165) is 5.56 Å². The summed E-state index contributed by atoms with van der Waals surface area (Å²) in [7, 11) is 0. The van der Waals surface area contributed by atoms with Crippen molar-refractivity contribution in [3.05, 3.63) is 95.3 Å². The van der Waals surface area contributed by atoms with Crippen LogP contribution in [0.1, 0.15) is 29.0 Å². The normalized spacial score (nSPS) is 11.2.